The van der Waals surface area contributed by atoms with E-state index in [0.717, 1.165) is 17.9 Å². The summed E-state index contributed by atoms with van der Waals surface area (Å²) >= 11 is 0. The van der Waals surface area contributed by atoms with Crippen molar-refractivity contribution >= 4 is 0 Å². The molecule has 0 heterocycles. The van der Waals surface area contributed by atoms with Crippen LogP contribution in [0.3, 0.4) is 0 Å². The van der Waals surface area contributed by atoms with Gasteiger partial charge in [-0.15, -0.1) is 0 Å². The third-order valence-electron chi connectivity index (χ3n) is 3.27. The van der Waals surface area contributed by atoms with Crippen molar-refractivity contribution in [3.05, 3.63) is 65.7 Å². The van der Waals surface area contributed by atoms with Gasteiger partial charge in [-0.2, -0.15) is 5.26 Å². The summed E-state index contributed by atoms with van der Waals surface area (Å²) < 4.78 is 5.14. The van der Waals surface area contributed by atoms with E-state index in [1.807, 2.05) is 54.4 Å². The fourth-order valence-corrected chi connectivity index (χ4v) is 2.18. The first-order valence-electron chi connectivity index (χ1n) is 6.52. The molecule has 0 radical (unpaired) electrons. The van der Waals surface area contributed by atoms with Crippen molar-refractivity contribution in [2.75, 3.05) is 14.2 Å². The van der Waals surface area contributed by atoms with Crippen LogP contribution in [0.15, 0.2) is 54.6 Å². The molecule has 0 aliphatic rings. The summed E-state index contributed by atoms with van der Waals surface area (Å²) in [6, 6.07) is 19.9. The Morgan fingerprint density at radius 1 is 1.10 bits per heavy atom. The number of benzene rings is 2. The molecular weight excluding hydrogens is 248 g/mol. The number of methoxy groups -OCH3 is 1. The molecule has 20 heavy (non-hydrogen) atoms. The molecule has 0 aromatic heterocycles. The van der Waals surface area contributed by atoms with E-state index in [0.29, 0.717) is 0 Å². The largest absolute Gasteiger partial charge is 0.497 e. The van der Waals surface area contributed by atoms with E-state index in [1.165, 1.54) is 5.56 Å². The topological polar surface area (TPSA) is 36.3 Å². The Hall–Kier alpha value is -2.31. The Balaban J connectivity index is 2.12. The monoisotopic (exact) mass is 266 g/mol. The molecule has 0 N–H and O–H groups in total. The second kappa shape index (κ2) is 6.74. The lowest BCUT2D eigenvalue weighted by atomic mass is 10.1. The van der Waals surface area contributed by atoms with E-state index in [4.69, 9.17) is 4.74 Å². The maximum absolute atomic E-state index is 9.43. The van der Waals surface area contributed by atoms with Crippen molar-refractivity contribution in [1.29, 1.82) is 5.26 Å². The van der Waals surface area contributed by atoms with Crippen LogP contribution in [0.25, 0.3) is 0 Å². The fourth-order valence-electron chi connectivity index (χ4n) is 2.18. The standard InChI is InChI=1S/C17H18N2O/c1-19(13-14-6-4-3-5-7-14)17(12-18)15-8-10-16(20-2)11-9-15/h3-11,17H,13H2,1-2H3. The van der Waals surface area contributed by atoms with Gasteiger partial charge >= 0.3 is 0 Å². The minimum Gasteiger partial charge on any atom is -0.497 e. The van der Waals surface area contributed by atoms with Gasteiger partial charge in [0.25, 0.3) is 0 Å². The SMILES string of the molecule is COc1ccc(C(C#N)N(C)Cc2ccccc2)cc1. The Morgan fingerprint density at radius 3 is 2.30 bits per heavy atom. The predicted molar refractivity (Wildman–Crippen MR) is 79.3 cm³/mol. The second-order valence-electron chi connectivity index (χ2n) is 4.71. The second-order valence-corrected chi connectivity index (χ2v) is 4.71. The van der Waals surface area contributed by atoms with Gasteiger partial charge in [-0.25, -0.2) is 0 Å². The molecule has 0 amide bonds. The molecule has 2 rings (SSSR count). The highest BCUT2D eigenvalue weighted by atomic mass is 16.5. The highest BCUT2D eigenvalue weighted by Gasteiger charge is 2.16. The van der Waals surface area contributed by atoms with E-state index in [-0.39, 0.29) is 6.04 Å². The van der Waals surface area contributed by atoms with Gasteiger partial charge in [0, 0.05) is 6.54 Å². The van der Waals surface area contributed by atoms with Crippen LogP contribution < -0.4 is 4.74 Å². The molecule has 0 aliphatic carbocycles. The Bertz CT molecular complexity index is 572. The number of nitriles is 1. The van der Waals surface area contributed by atoms with Crippen LogP contribution in [0.1, 0.15) is 17.2 Å². The van der Waals surface area contributed by atoms with Crippen LogP contribution in [0, 0.1) is 11.3 Å². The van der Waals surface area contributed by atoms with Gasteiger partial charge in [0.2, 0.25) is 0 Å². The van der Waals surface area contributed by atoms with E-state index in [9.17, 15) is 5.26 Å². The molecule has 0 fully saturated rings. The zero-order valence-electron chi connectivity index (χ0n) is 11.8. The van der Waals surface area contributed by atoms with Gasteiger partial charge < -0.3 is 4.74 Å². The van der Waals surface area contributed by atoms with Crippen LogP contribution in [-0.2, 0) is 6.54 Å². The van der Waals surface area contributed by atoms with E-state index in [2.05, 4.69) is 18.2 Å². The first-order valence-corrected chi connectivity index (χ1v) is 6.52. The van der Waals surface area contributed by atoms with E-state index < -0.39 is 0 Å². The number of rotatable bonds is 5. The van der Waals surface area contributed by atoms with Crippen LogP contribution in [0.4, 0.5) is 0 Å². The van der Waals surface area contributed by atoms with Crippen LogP contribution in [0.2, 0.25) is 0 Å². The first kappa shape index (κ1) is 14.1. The molecule has 3 heteroatoms. The molecule has 2 aromatic carbocycles. The Kier molecular flexibility index (Phi) is 4.75. The maximum atomic E-state index is 9.43. The predicted octanol–water partition coefficient (Wildman–Crippen LogP) is 3.39. The molecule has 0 bridgehead atoms. The number of hydrogen-bond donors (Lipinski definition) is 0. The Labute approximate surface area is 120 Å². The summed E-state index contributed by atoms with van der Waals surface area (Å²) in [5, 5.41) is 9.43. The van der Waals surface area contributed by atoms with Crippen molar-refractivity contribution in [3.63, 3.8) is 0 Å². The van der Waals surface area contributed by atoms with E-state index in [1.54, 1.807) is 7.11 Å². The lowest BCUT2D eigenvalue weighted by molar-refractivity contribution is 0.283. The highest BCUT2D eigenvalue weighted by Crippen LogP contribution is 2.22. The smallest absolute Gasteiger partial charge is 0.123 e. The quantitative estimate of drug-likeness (QED) is 0.832. The third kappa shape index (κ3) is 3.37. The number of hydrogen-bond acceptors (Lipinski definition) is 3. The van der Waals surface area contributed by atoms with Gasteiger partial charge in [-0.05, 0) is 30.3 Å². The zero-order valence-corrected chi connectivity index (χ0v) is 11.8. The molecule has 102 valence electrons. The molecule has 0 saturated carbocycles. The maximum Gasteiger partial charge on any atom is 0.123 e. The average molecular weight is 266 g/mol. The summed E-state index contributed by atoms with van der Waals surface area (Å²) in [5.74, 6) is 0.802. The van der Waals surface area contributed by atoms with E-state index >= 15 is 0 Å². The lowest BCUT2D eigenvalue weighted by Gasteiger charge is -2.23. The third-order valence-corrected chi connectivity index (χ3v) is 3.27. The number of ether oxygens (including phenoxy) is 1. The summed E-state index contributed by atoms with van der Waals surface area (Å²) in [7, 11) is 3.60. The normalized spacial score (nSPS) is 11.9. The molecule has 0 spiro atoms. The van der Waals surface area contributed by atoms with Crippen molar-refractivity contribution in [3.8, 4) is 11.8 Å². The molecule has 0 aliphatic heterocycles. The average Bonchev–Trinajstić information content (AvgIpc) is 2.49. The van der Waals surface area contributed by atoms with Crippen LogP contribution in [0.5, 0.6) is 5.75 Å². The van der Waals surface area contributed by atoms with Gasteiger partial charge in [0.05, 0.1) is 13.2 Å². The molecule has 2 aromatic rings. The van der Waals surface area contributed by atoms with Gasteiger partial charge in [0.15, 0.2) is 0 Å². The Morgan fingerprint density at radius 2 is 1.75 bits per heavy atom. The van der Waals surface area contributed by atoms with Crippen LogP contribution >= 0.6 is 0 Å². The summed E-state index contributed by atoms with van der Waals surface area (Å²) in [6.45, 7) is 0.741. The first-order chi connectivity index (χ1) is 9.74. The fraction of sp³-hybridized carbons (Fsp3) is 0.235. The molecule has 3 nitrogen and oxygen atoms in total. The van der Waals surface area contributed by atoms with Crippen molar-refractivity contribution < 1.29 is 4.74 Å². The van der Waals surface area contributed by atoms with Crippen molar-refractivity contribution in [2.45, 2.75) is 12.6 Å². The zero-order chi connectivity index (χ0) is 14.4. The van der Waals surface area contributed by atoms with Crippen LogP contribution in [-0.4, -0.2) is 19.1 Å². The molecule has 1 atom stereocenters. The highest BCUT2D eigenvalue weighted by molar-refractivity contribution is 5.31. The number of nitrogens with zero attached hydrogens (tertiary/aromatic N) is 2. The van der Waals surface area contributed by atoms with Crippen molar-refractivity contribution in [1.82, 2.24) is 4.90 Å². The summed E-state index contributed by atoms with van der Waals surface area (Å²) in [5.41, 5.74) is 2.18. The minimum atomic E-state index is -0.263. The minimum absolute atomic E-state index is 0.263. The molecule has 0 saturated heterocycles. The summed E-state index contributed by atoms with van der Waals surface area (Å²) in [4.78, 5) is 2.04. The molecular formula is C17H18N2O. The van der Waals surface area contributed by atoms with Gasteiger partial charge in [-0.1, -0.05) is 42.5 Å². The lowest BCUT2D eigenvalue weighted by Crippen LogP contribution is -2.23. The molecule has 1 unspecified atom stereocenters. The van der Waals surface area contributed by atoms with Crippen molar-refractivity contribution in [2.24, 2.45) is 0 Å². The van der Waals surface area contributed by atoms with Gasteiger partial charge in [0.1, 0.15) is 11.8 Å². The summed E-state index contributed by atoms with van der Waals surface area (Å²) in [6.07, 6.45) is 0. The van der Waals surface area contributed by atoms with Gasteiger partial charge in [-0.3, -0.25) is 4.90 Å².